The predicted molar refractivity (Wildman–Crippen MR) is 91.3 cm³/mol. The van der Waals surface area contributed by atoms with Gasteiger partial charge in [-0.3, -0.25) is 24.0 Å². The van der Waals surface area contributed by atoms with Crippen molar-refractivity contribution in [2.45, 2.75) is 26.8 Å². The number of anilines is 1. The highest BCUT2D eigenvalue weighted by Crippen LogP contribution is 2.21. The average molecular weight is 338 g/mol. The van der Waals surface area contributed by atoms with Crippen LogP contribution in [0.3, 0.4) is 0 Å². The van der Waals surface area contributed by atoms with Gasteiger partial charge in [0.1, 0.15) is 11.4 Å². The van der Waals surface area contributed by atoms with E-state index >= 15 is 0 Å². The molecule has 2 atom stereocenters. The number of nitrogens with two attached hydrogens (primary N) is 1. The first-order chi connectivity index (χ1) is 11.3. The number of Topliss-reactive ketones (excluding diaryl/α,β-unsaturated/α-hetero) is 1. The van der Waals surface area contributed by atoms with Crippen molar-refractivity contribution in [1.82, 2.24) is 14.5 Å². The number of nitrogen functional groups attached to an aromatic ring is 1. The number of rotatable bonds is 6. The molecule has 134 valence electrons. The standard InChI is InChI=1S/C16H26N4O4/c1-10-6-11(2)8-19(7-10)9-12(21)13-14(17)20(4-5-24-3)16(23)18-15(13)22/h10-11H,4-9,17H2,1-3H3,(H,18,22,23)/t10-,11-/m1/s1. The molecule has 0 aromatic carbocycles. The van der Waals surface area contributed by atoms with Crippen molar-refractivity contribution in [2.24, 2.45) is 11.8 Å². The number of hydrogen-bond acceptors (Lipinski definition) is 6. The van der Waals surface area contributed by atoms with Crippen molar-refractivity contribution in [3.05, 3.63) is 26.4 Å². The summed E-state index contributed by atoms with van der Waals surface area (Å²) in [5, 5.41) is 0. The first-order valence-electron chi connectivity index (χ1n) is 8.20. The van der Waals surface area contributed by atoms with Gasteiger partial charge in [-0.25, -0.2) is 4.79 Å². The van der Waals surface area contributed by atoms with Crippen LogP contribution < -0.4 is 17.0 Å². The Bertz CT molecular complexity index is 699. The van der Waals surface area contributed by atoms with Crippen LogP contribution in [0.25, 0.3) is 0 Å². The number of ketones is 1. The fourth-order valence-electron chi connectivity index (χ4n) is 3.47. The molecule has 0 saturated carbocycles. The lowest BCUT2D eigenvalue weighted by Crippen LogP contribution is -2.44. The highest BCUT2D eigenvalue weighted by molar-refractivity contribution is 6.01. The third-order valence-electron chi connectivity index (χ3n) is 4.35. The Balaban J connectivity index is 2.25. The minimum Gasteiger partial charge on any atom is -0.384 e. The molecule has 3 N–H and O–H groups in total. The van der Waals surface area contributed by atoms with Crippen LogP contribution in [0, 0.1) is 11.8 Å². The summed E-state index contributed by atoms with van der Waals surface area (Å²) in [6.07, 6.45) is 1.13. The molecule has 0 radical (unpaired) electrons. The minimum absolute atomic E-state index is 0.0936. The molecule has 1 saturated heterocycles. The van der Waals surface area contributed by atoms with Gasteiger partial charge in [0, 0.05) is 20.2 Å². The average Bonchev–Trinajstić information content (AvgIpc) is 2.45. The summed E-state index contributed by atoms with van der Waals surface area (Å²) in [5.41, 5.74) is 4.43. The Hall–Kier alpha value is -1.93. The lowest BCUT2D eigenvalue weighted by atomic mass is 9.91. The molecule has 2 rings (SSSR count). The second-order valence-electron chi connectivity index (χ2n) is 6.73. The minimum atomic E-state index is -0.728. The summed E-state index contributed by atoms with van der Waals surface area (Å²) in [5.74, 6) is 0.561. The van der Waals surface area contributed by atoms with E-state index in [1.807, 2.05) is 4.90 Å². The number of likely N-dealkylation sites (tertiary alicyclic amines) is 1. The van der Waals surface area contributed by atoms with E-state index in [2.05, 4.69) is 18.8 Å². The van der Waals surface area contributed by atoms with Gasteiger partial charge in [-0.2, -0.15) is 0 Å². The zero-order valence-electron chi connectivity index (χ0n) is 14.5. The normalized spacial score (nSPS) is 21.8. The quantitative estimate of drug-likeness (QED) is 0.702. The number of aromatic nitrogens is 2. The van der Waals surface area contributed by atoms with Gasteiger partial charge in [-0.15, -0.1) is 0 Å². The number of ether oxygens (including phenoxy) is 1. The fraction of sp³-hybridized carbons (Fsp3) is 0.688. The molecule has 1 aromatic rings. The monoisotopic (exact) mass is 338 g/mol. The molecule has 0 spiro atoms. The lowest BCUT2D eigenvalue weighted by Gasteiger charge is -2.34. The molecule has 0 bridgehead atoms. The molecule has 1 aromatic heterocycles. The molecule has 0 unspecified atom stereocenters. The molecule has 24 heavy (non-hydrogen) atoms. The highest BCUT2D eigenvalue weighted by Gasteiger charge is 2.26. The molecule has 1 aliphatic rings. The topological polar surface area (TPSA) is 110 Å². The van der Waals surface area contributed by atoms with Gasteiger partial charge in [-0.1, -0.05) is 13.8 Å². The van der Waals surface area contributed by atoms with E-state index in [0.29, 0.717) is 11.8 Å². The van der Waals surface area contributed by atoms with Crippen molar-refractivity contribution in [3.8, 4) is 0 Å². The first kappa shape index (κ1) is 18.4. The summed E-state index contributed by atoms with van der Waals surface area (Å²) in [4.78, 5) is 40.8. The highest BCUT2D eigenvalue weighted by atomic mass is 16.5. The third-order valence-corrected chi connectivity index (χ3v) is 4.35. The SMILES string of the molecule is COCCn1c(N)c(C(=O)CN2C[C@H](C)C[C@@H](C)C2)c(=O)[nH]c1=O. The van der Waals surface area contributed by atoms with E-state index in [0.717, 1.165) is 19.5 Å². The second-order valence-corrected chi connectivity index (χ2v) is 6.73. The maximum Gasteiger partial charge on any atom is 0.330 e. The van der Waals surface area contributed by atoms with Crippen LogP contribution in [0.2, 0.25) is 0 Å². The number of methoxy groups -OCH3 is 1. The lowest BCUT2D eigenvalue weighted by molar-refractivity contribution is 0.0848. The third kappa shape index (κ3) is 4.12. The van der Waals surface area contributed by atoms with Crippen LogP contribution >= 0.6 is 0 Å². The van der Waals surface area contributed by atoms with Crippen LogP contribution in [0.4, 0.5) is 5.82 Å². The van der Waals surface area contributed by atoms with Crippen LogP contribution in [0.5, 0.6) is 0 Å². The number of hydrogen-bond donors (Lipinski definition) is 2. The fourth-order valence-corrected chi connectivity index (χ4v) is 3.47. The van der Waals surface area contributed by atoms with Gasteiger partial charge in [0.2, 0.25) is 0 Å². The van der Waals surface area contributed by atoms with Gasteiger partial charge in [0.15, 0.2) is 5.78 Å². The number of aromatic amines is 1. The maximum atomic E-state index is 12.6. The summed E-state index contributed by atoms with van der Waals surface area (Å²) in [7, 11) is 1.50. The molecule has 0 amide bonds. The van der Waals surface area contributed by atoms with E-state index in [9.17, 15) is 14.4 Å². The van der Waals surface area contributed by atoms with Crippen LogP contribution in [0.1, 0.15) is 30.6 Å². The number of piperidine rings is 1. The number of H-pyrrole nitrogens is 1. The van der Waals surface area contributed by atoms with Gasteiger partial charge in [0.05, 0.1) is 19.7 Å². The zero-order valence-corrected chi connectivity index (χ0v) is 14.5. The summed E-state index contributed by atoms with van der Waals surface area (Å²) in [6, 6.07) is 0. The van der Waals surface area contributed by atoms with Crippen molar-refractivity contribution in [3.63, 3.8) is 0 Å². The number of carbonyl (C=O) groups excluding carboxylic acids is 1. The van der Waals surface area contributed by atoms with Gasteiger partial charge in [-0.05, 0) is 18.3 Å². The molecule has 1 fully saturated rings. The number of nitrogens with zero attached hydrogens (tertiary/aromatic N) is 2. The second kappa shape index (κ2) is 7.76. The predicted octanol–water partition coefficient (Wildman–Crippen LogP) is -0.0742. The Morgan fingerprint density at radius 2 is 1.92 bits per heavy atom. The first-order valence-corrected chi connectivity index (χ1v) is 8.20. The molecular formula is C16H26N4O4. The van der Waals surface area contributed by atoms with Crippen molar-refractivity contribution >= 4 is 11.6 Å². The van der Waals surface area contributed by atoms with E-state index in [-0.39, 0.29) is 36.9 Å². The van der Waals surface area contributed by atoms with Crippen LogP contribution in [-0.2, 0) is 11.3 Å². The van der Waals surface area contributed by atoms with E-state index in [1.54, 1.807) is 0 Å². The molecule has 1 aliphatic heterocycles. The van der Waals surface area contributed by atoms with Crippen molar-refractivity contribution in [2.75, 3.05) is 39.1 Å². The summed E-state index contributed by atoms with van der Waals surface area (Å²) >= 11 is 0. The summed E-state index contributed by atoms with van der Waals surface area (Å²) < 4.78 is 6.10. The Morgan fingerprint density at radius 1 is 1.29 bits per heavy atom. The smallest absolute Gasteiger partial charge is 0.330 e. The van der Waals surface area contributed by atoms with Gasteiger partial charge >= 0.3 is 5.69 Å². The van der Waals surface area contributed by atoms with Gasteiger partial charge < -0.3 is 10.5 Å². The number of nitrogens with one attached hydrogen (secondary N) is 1. The Morgan fingerprint density at radius 3 is 2.50 bits per heavy atom. The molecule has 8 heteroatoms. The van der Waals surface area contributed by atoms with E-state index in [1.165, 1.54) is 11.7 Å². The van der Waals surface area contributed by atoms with Crippen LogP contribution in [-0.4, -0.2) is 53.6 Å². The Kier molecular flexibility index (Phi) is 5.95. The largest absolute Gasteiger partial charge is 0.384 e. The van der Waals surface area contributed by atoms with E-state index in [4.69, 9.17) is 10.5 Å². The Labute approximate surface area is 140 Å². The zero-order chi connectivity index (χ0) is 17.9. The molecule has 0 aliphatic carbocycles. The summed E-state index contributed by atoms with van der Waals surface area (Å²) in [6.45, 7) is 6.50. The molecule has 2 heterocycles. The van der Waals surface area contributed by atoms with Crippen molar-refractivity contribution in [1.29, 1.82) is 0 Å². The molecular weight excluding hydrogens is 312 g/mol. The molecule has 8 nitrogen and oxygen atoms in total. The van der Waals surface area contributed by atoms with Crippen molar-refractivity contribution < 1.29 is 9.53 Å². The van der Waals surface area contributed by atoms with Crippen LogP contribution in [0.15, 0.2) is 9.59 Å². The van der Waals surface area contributed by atoms with Gasteiger partial charge in [0.25, 0.3) is 5.56 Å². The number of carbonyl (C=O) groups is 1. The maximum absolute atomic E-state index is 12.6. The van der Waals surface area contributed by atoms with E-state index < -0.39 is 11.2 Å².